The van der Waals surface area contributed by atoms with E-state index in [1.807, 2.05) is 40.7 Å². The molecule has 3 heterocycles. The van der Waals surface area contributed by atoms with E-state index in [1.54, 1.807) is 25.2 Å². The molecule has 6 aliphatic rings. The molecule has 1 saturated carbocycles. The normalized spacial score (nSPS) is 31.5. The summed E-state index contributed by atoms with van der Waals surface area (Å²) in [5.74, 6) is -1.65. The minimum Gasteiger partial charge on any atom is -0.506 e. The molecule has 1 spiro atoms. The third-order valence-corrected chi connectivity index (χ3v) is 10.9. The summed E-state index contributed by atoms with van der Waals surface area (Å²) in [7, 11) is 0. The number of carbonyl (C=O) groups excluding carboxylic acids is 3. The second kappa shape index (κ2) is 11.1. The van der Waals surface area contributed by atoms with E-state index in [1.165, 1.54) is 19.4 Å². The van der Waals surface area contributed by atoms with Gasteiger partial charge in [-0.15, -0.1) is 0 Å². The Bertz CT molecular complexity index is 1720. The van der Waals surface area contributed by atoms with Crippen LogP contribution in [0.4, 0.5) is 0 Å². The minimum atomic E-state index is -1.66. The van der Waals surface area contributed by atoms with E-state index in [2.05, 4.69) is 6.08 Å². The number of fused-ring (bicyclic) bond motifs is 2. The van der Waals surface area contributed by atoms with Gasteiger partial charge in [0.05, 0.1) is 22.9 Å². The van der Waals surface area contributed by atoms with Crippen molar-refractivity contribution < 1.29 is 48.7 Å². The van der Waals surface area contributed by atoms with Crippen molar-refractivity contribution in [3.05, 3.63) is 57.9 Å². The first-order valence-corrected chi connectivity index (χ1v) is 16.6. The van der Waals surface area contributed by atoms with Crippen molar-refractivity contribution in [3.8, 4) is 17.2 Å². The first-order chi connectivity index (χ1) is 22.3. The molecule has 1 aromatic rings. The number of aliphatic hydroxyl groups excluding tert-OH is 1. The van der Waals surface area contributed by atoms with Crippen LogP contribution >= 0.6 is 0 Å². The molecule has 0 radical (unpaired) electrons. The minimum absolute atomic E-state index is 0.00711. The van der Waals surface area contributed by atoms with Crippen LogP contribution in [0.25, 0.3) is 6.08 Å². The molecule has 2 fully saturated rings. The molecule has 6 atom stereocenters. The van der Waals surface area contributed by atoms with Gasteiger partial charge in [-0.1, -0.05) is 17.7 Å². The smallest absolute Gasteiger partial charge is 0.298 e. The Morgan fingerprint density at radius 2 is 1.83 bits per heavy atom. The first-order valence-electron chi connectivity index (χ1n) is 16.6. The highest BCUT2D eigenvalue weighted by Gasteiger charge is 2.81. The quantitative estimate of drug-likeness (QED) is 0.168. The van der Waals surface area contributed by atoms with Crippen LogP contribution in [0.1, 0.15) is 103 Å². The van der Waals surface area contributed by atoms with E-state index in [4.69, 9.17) is 18.9 Å². The Labute approximate surface area is 281 Å². The van der Waals surface area contributed by atoms with Crippen LogP contribution in [0.2, 0.25) is 0 Å². The van der Waals surface area contributed by atoms with Gasteiger partial charge >= 0.3 is 0 Å². The van der Waals surface area contributed by atoms with Gasteiger partial charge in [0.15, 0.2) is 22.8 Å². The van der Waals surface area contributed by atoms with Crippen LogP contribution < -0.4 is 9.47 Å². The lowest BCUT2D eigenvalue weighted by Gasteiger charge is -2.56. The van der Waals surface area contributed by atoms with Crippen LogP contribution in [0.5, 0.6) is 17.2 Å². The summed E-state index contributed by atoms with van der Waals surface area (Å²) >= 11 is 0. The van der Waals surface area contributed by atoms with Gasteiger partial charge in [0.1, 0.15) is 34.2 Å². The number of hydrogen-bond acceptors (Lipinski definition) is 10. The summed E-state index contributed by atoms with van der Waals surface area (Å²) in [6.07, 6.45) is 9.12. The van der Waals surface area contributed by atoms with Gasteiger partial charge in [-0.25, -0.2) is 0 Å². The summed E-state index contributed by atoms with van der Waals surface area (Å²) in [4.78, 5) is 40.2. The van der Waals surface area contributed by atoms with Crippen LogP contribution in [0.3, 0.4) is 0 Å². The lowest BCUT2D eigenvalue weighted by atomic mass is 9.51. The average Bonchev–Trinajstić information content (AvgIpc) is 3.14. The molecule has 3 aliphatic heterocycles. The van der Waals surface area contributed by atoms with Gasteiger partial charge in [0.25, 0.3) is 6.47 Å². The zero-order valence-electron chi connectivity index (χ0n) is 28.9. The number of carbonyl (C=O) groups is 3. The third kappa shape index (κ3) is 4.90. The second-order valence-electron chi connectivity index (χ2n) is 15.5. The summed E-state index contributed by atoms with van der Waals surface area (Å²) < 4.78 is 25.5. The van der Waals surface area contributed by atoms with E-state index in [0.29, 0.717) is 24.9 Å². The number of rotatable bonds is 10. The summed E-state index contributed by atoms with van der Waals surface area (Å²) in [5.41, 5.74) is -4.63. The van der Waals surface area contributed by atoms with Crippen LogP contribution in [-0.2, 0) is 25.5 Å². The highest BCUT2D eigenvalue weighted by atomic mass is 16.6. The number of benzene rings is 1. The van der Waals surface area contributed by atoms with E-state index >= 15 is 0 Å². The number of allylic oxidation sites excluding steroid dienone is 4. The Hall–Kier alpha value is -3.73. The van der Waals surface area contributed by atoms with Crippen molar-refractivity contribution >= 4 is 24.1 Å². The number of Topliss-reactive ketones (excluding diaryl/α,β-unsaturated/α-hetero) is 2. The van der Waals surface area contributed by atoms with Crippen molar-refractivity contribution in [2.45, 2.75) is 122 Å². The Balaban J connectivity index is 1.59. The number of aromatic hydroxyl groups is 1. The fourth-order valence-electron chi connectivity index (χ4n) is 8.34. The largest absolute Gasteiger partial charge is 0.506 e. The van der Waals surface area contributed by atoms with Gasteiger partial charge in [0.2, 0.25) is 0 Å². The highest BCUT2D eigenvalue weighted by Crippen LogP contribution is 2.68. The van der Waals surface area contributed by atoms with E-state index in [9.17, 15) is 29.7 Å². The molecule has 0 amide bonds. The van der Waals surface area contributed by atoms with Crippen molar-refractivity contribution in [1.82, 2.24) is 0 Å². The Morgan fingerprint density at radius 1 is 1.12 bits per heavy atom. The maximum Gasteiger partial charge on any atom is 0.298 e. The van der Waals surface area contributed by atoms with Gasteiger partial charge in [0, 0.05) is 35.8 Å². The van der Waals surface area contributed by atoms with Gasteiger partial charge in [-0.05, 0) is 92.9 Å². The molecule has 4 bridgehead atoms. The fraction of sp³-hybridized carbons (Fsp3) is 0.553. The predicted octanol–water partition coefficient (Wildman–Crippen LogP) is 5.45. The fourth-order valence-corrected chi connectivity index (χ4v) is 8.34. The number of phenolic OH excluding ortho intramolecular Hbond substituents is 1. The van der Waals surface area contributed by atoms with E-state index in [0.717, 1.165) is 6.42 Å². The van der Waals surface area contributed by atoms with Crippen LogP contribution in [0, 0.1) is 11.8 Å². The molecular formula is C38H46O10. The zero-order valence-corrected chi connectivity index (χ0v) is 28.9. The number of aliphatic hydroxyl groups is 2. The van der Waals surface area contributed by atoms with E-state index in [-0.39, 0.29) is 58.3 Å². The Kier molecular flexibility index (Phi) is 7.93. The molecule has 3 aliphatic carbocycles. The van der Waals surface area contributed by atoms with Crippen molar-refractivity contribution in [2.75, 3.05) is 0 Å². The standard InChI is InChI=1S/C38H46O10/c1-20(2)10-9-13-36(8)14-12-23-29(41)28-30(42)25-16-22-17-26-35(6,7)48-37(33(22)43,15-11-21(3)45-19-39)38(25,26)47-32(28)24(31(23)46-36)18-27(40)34(4,5)44/h10-12,14,16,19,22,26-27,40-41,44H,9,13,15,17-18H2,1-8H3/b21-11-/t22-,26?,27?,36+,37+,38+/m0/s1. The maximum absolute atomic E-state index is 14.8. The van der Waals surface area contributed by atoms with Crippen LogP contribution in [-0.4, -0.2) is 67.5 Å². The molecule has 0 aromatic heterocycles. The molecule has 7 rings (SSSR count). The van der Waals surface area contributed by atoms with Crippen LogP contribution in [0.15, 0.2) is 41.2 Å². The lowest BCUT2D eigenvalue weighted by Crippen LogP contribution is -2.72. The number of phenols is 1. The van der Waals surface area contributed by atoms with Crippen molar-refractivity contribution in [2.24, 2.45) is 11.8 Å². The van der Waals surface area contributed by atoms with Gasteiger partial charge in [-0.3, -0.25) is 14.4 Å². The van der Waals surface area contributed by atoms with E-state index < -0.39 is 51.7 Å². The monoisotopic (exact) mass is 662 g/mol. The lowest BCUT2D eigenvalue weighted by molar-refractivity contribution is -0.171. The molecule has 258 valence electrons. The highest BCUT2D eigenvalue weighted by molar-refractivity contribution is 6.19. The summed E-state index contributed by atoms with van der Waals surface area (Å²) in [6.45, 7) is 14.6. The molecule has 2 unspecified atom stereocenters. The molecule has 48 heavy (non-hydrogen) atoms. The second-order valence-corrected chi connectivity index (χ2v) is 15.5. The summed E-state index contributed by atoms with van der Waals surface area (Å²) in [5, 5.41) is 33.9. The number of ether oxygens (including phenoxy) is 4. The average molecular weight is 663 g/mol. The number of hydrogen-bond donors (Lipinski definition) is 3. The Morgan fingerprint density at radius 3 is 2.48 bits per heavy atom. The maximum atomic E-state index is 14.8. The topological polar surface area (TPSA) is 149 Å². The molecule has 10 nitrogen and oxygen atoms in total. The first kappa shape index (κ1) is 34.1. The molecule has 3 N–H and O–H groups in total. The summed E-state index contributed by atoms with van der Waals surface area (Å²) in [6, 6.07) is 0. The van der Waals surface area contributed by atoms with Gasteiger partial charge in [-0.2, -0.15) is 0 Å². The predicted molar refractivity (Wildman–Crippen MR) is 177 cm³/mol. The van der Waals surface area contributed by atoms with Gasteiger partial charge < -0.3 is 34.3 Å². The zero-order chi connectivity index (χ0) is 35.2. The molecule has 1 aromatic carbocycles. The van der Waals surface area contributed by atoms with Crippen molar-refractivity contribution in [3.63, 3.8) is 0 Å². The molecular weight excluding hydrogens is 616 g/mol. The number of ketones is 2. The molecule has 10 heteroatoms. The third-order valence-electron chi connectivity index (χ3n) is 10.9. The SMILES string of the molecule is CC(C)=CCC[C@]1(C)C=Cc2c(O)c3c(c(CC(O)C(C)(C)O)c2O1)O[C@]12C(=C[C@H]4CC1C(C)(C)O[C@]2(C/C=C(/C)OC=O)C4=O)C3=O. The van der Waals surface area contributed by atoms with Crippen molar-refractivity contribution in [1.29, 1.82) is 0 Å². The molecule has 1 saturated heterocycles.